The van der Waals surface area contributed by atoms with Crippen LogP contribution in [0.15, 0.2) is 53.9 Å². The largest absolute Gasteiger partial charge is 0.497 e. The van der Waals surface area contributed by atoms with Crippen molar-refractivity contribution in [1.29, 1.82) is 0 Å². The molecule has 4 N–H and O–H groups in total. The van der Waals surface area contributed by atoms with E-state index in [0.29, 0.717) is 53.1 Å². The average molecular weight is 905 g/mol. The maximum absolute atomic E-state index is 14.9. The zero-order valence-electron chi connectivity index (χ0n) is 36.1. The number of thiazole rings is 1. The SMILES string of the molecule is COc1ccc2c(O[C@@H]3C[C@H]4C(=O)N[C@]5(P(=O)(O)Cc6ccccc6F)C[C@@H]5CCCCCCC[C@H](NC(=O)OC5CCCC5)C(=O)N4C3)cc(-c3csc(NC(C)C)n3)nc2c1. The lowest BCUT2D eigenvalue weighted by Gasteiger charge is -2.31. The second-order valence-corrected chi connectivity index (χ2v) is 21.2. The molecule has 17 heteroatoms. The number of ether oxygens (including phenoxy) is 3. The van der Waals surface area contributed by atoms with Gasteiger partial charge in [0.15, 0.2) is 5.13 Å². The number of benzene rings is 2. The number of anilines is 1. The molecule has 4 fully saturated rings. The summed E-state index contributed by atoms with van der Waals surface area (Å²) in [4.78, 5) is 66.0. The highest BCUT2D eigenvalue weighted by Crippen LogP contribution is 2.71. The molecule has 338 valence electrons. The minimum absolute atomic E-state index is 0.0102. The summed E-state index contributed by atoms with van der Waals surface area (Å²) in [6, 6.07) is 11.2. The molecule has 2 aromatic carbocycles. The summed E-state index contributed by atoms with van der Waals surface area (Å²) < 4.78 is 47.5. The van der Waals surface area contributed by atoms with Gasteiger partial charge in [0.05, 0.1) is 31.0 Å². The Morgan fingerprint density at radius 3 is 2.51 bits per heavy atom. The zero-order chi connectivity index (χ0) is 44.3. The predicted octanol–water partition coefficient (Wildman–Crippen LogP) is 8.76. The lowest BCUT2D eigenvalue weighted by atomic mass is 10.0. The van der Waals surface area contributed by atoms with Crippen molar-refractivity contribution in [1.82, 2.24) is 25.5 Å². The third-order valence-electron chi connectivity index (χ3n) is 12.9. The van der Waals surface area contributed by atoms with Gasteiger partial charge in [0.1, 0.15) is 52.6 Å². The monoisotopic (exact) mass is 904 g/mol. The molecule has 8 rings (SSSR count). The number of alkyl carbamates (subject to hydrolysis) is 1. The van der Waals surface area contributed by atoms with Crippen molar-refractivity contribution < 1.29 is 42.4 Å². The van der Waals surface area contributed by atoms with Crippen LogP contribution in [0.1, 0.15) is 103 Å². The molecule has 2 saturated carbocycles. The number of fused-ring (bicyclic) bond motifs is 3. The van der Waals surface area contributed by atoms with Crippen molar-refractivity contribution in [2.75, 3.05) is 19.0 Å². The molecule has 4 aliphatic rings. The van der Waals surface area contributed by atoms with Crippen LogP contribution in [0, 0.1) is 11.7 Å². The maximum Gasteiger partial charge on any atom is 0.408 e. The van der Waals surface area contributed by atoms with Gasteiger partial charge in [-0.2, -0.15) is 0 Å². The number of hydrogen-bond acceptors (Lipinski definition) is 11. The van der Waals surface area contributed by atoms with Gasteiger partial charge >= 0.3 is 6.09 Å². The van der Waals surface area contributed by atoms with Gasteiger partial charge < -0.3 is 40.0 Å². The first kappa shape index (κ1) is 44.8. The second-order valence-electron chi connectivity index (χ2n) is 17.8. The van der Waals surface area contributed by atoms with E-state index in [1.54, 1.807) is 25.3 Å². The Bertz CT molecular complexity index is 2360. The molecular weight excluding hydrogens is 847 g/mol. The van der Waals surface area contributed by atoms with E-state index in [1.165, 1.54) is 34.4 Å². The first-order valence-corrected chi connectivity index (χ1v) is 25.1. The molecule has 4 heterocycles. The molecule has 3 amide bonds. The molecule has 4 aromatic rings. The summed E-state index contributed by atoms with van der Waals surface area (Å²) in [5, 5.41) is 11.0. The topological polar surface area (TPSA) is 181 Å². The number of aromatic nitrogens is 2. The highest BCUT2D eigenvalue weighted by atomic mass is 32.1. The fourth-order valence-corrected chi connectivity index (χ4v) is 12.8. The van der Waals surface area contributed by atoms with Crippen molar-refractivity contribution in [3.8, 4) is 22.9 Å². The molecule has 2 saturated heterocycles. The van der Waals surface area contributed by atoms with Crippen LogP contribution in [-0.2, 0) is 25.1 Å². The summed E-state index contributed by atoms with van der Waals surface area (Å²) in [7, 11) is -2.70. The number of carbonyl (C=O) groups excluding carboxylic acids is 3. The highest BCUT2D eigenvalue weighted by Gasteiger charge is 2.66. The standard InChI is InChI=1S/C46H58FN6O8PS/c1-28(2)48-44-50-39(27-63-44)38-23-41(34-20-19-32(59-3)21-37(34)49-38)60-33-22-40-42(54)52-46(62(57,58)26-29-13-9-12-17-35(29)47)24-30(46)14-7-5-4-6-8-18-36(43(55)53(40)25-33)51-45(56)61-31-15-10-11-16-31/h9,12-13,17,19-21,23,27-28,30-31,33,36,40H,4-8,10-11,14-16,18,22,24-26H2,1-3H3,(H,48,50)(H,51,56)(H,52,54)(H,57,58)/t30-,33+,36-,40-,46-/m0/s1. The van der Waals surface area contributed by atoms with Gasteiger partial charge in [-0.3, -0.25) is 14.2 Å². The van der Waals surface area contributed by atoms with Crippen molar-refractivity contribution >= 4 is 52.6 Å². The number of carbonyl (C=O) groups is 3. The molecule has 6 atom stereocenters. The molecule has 63 heavy (non-hydrogen) atoms. The number of halogens is 1. The summed E-state index contributed by atoms with van der Waals surface area (Å²) in [5.41, 5.74) is 1.89. The molecule has 0 bridgehead atoms. The fraction of sp³-hybridized carbons (Fsp3) is 0.543. The first-order valence-electron chi connectivity index (χ1n) is 22.4. The number of amides is 3. The van der Waals surface area contributed by atoms with E-state index < -0.39 is 60.7 Å². The van der Waals surface area contributed by atoms with E-state index >= 15 is 0 Å². The van der Waals surface area contributed by atoms with Crippen molar-refractivity contribution in [3.05, 3.63) is 65.3 Å². The van der Waals surface area contributed by atoms with Gasteiger partial charge in [-0.1, -0.05) is 50.3 Å². The van der Waals surface area contributed by atoms with E-state index in [-0.39, 0.29) is 43.0 Å². The Kier molecular flexibility index (Phi) is 13.6. The van der Waals surface area contributed by atoms with Gasteiger partial charge in [-0.05, 0) is 88.5 Å². The van der Waals surface area contributed by atoms with Crippen molar-refractivity contribution in [2.45, 2.75) is 139 Å². The maximum atomic E-state index is 14.9. The fourth-order valence-electron chi connectivity index (χ4n) is 9.47. The van der Waals surface area contributed by atoms with E-state index in [2.05, 4.69) is 16.0 Å². The summed E-state index contributed by atoms with van der Waals surface area (Å²) in [6.07, 6.45) is 6.71. The van der Waals surface area contributed by atoms with E-state index in [9.17, 15) is 28.2 Å². The number of rotatable bonds is 11. The highest BCUT2D eigenvalue weighted by molar-refractivity contribution is 7.59. The van der Waals surface area contributed by atoms with Crippen molar-refractivity contribution in [3.63, 3.8) is 0 Å². The lowest BCUT2D eigenvalue weighted by molar-refractivity contribution is -0.140. The first-order chi connectivity index (χ1) is 30.3. The normalized spacial score (nSPS) is 25.6. The number of hydrogen-bond donors (Lipinski definition) is 4. The third-order valence-corrected chi connectivity index (χ3v) is 16.3. The minimum atomic E-state index is -4.28. The minimum Gasteiger partial charge on any atom is -0.497 e. The Morgan fingerprint density at radius 2 is 1.75 bits per heavy atom. The van der Waals surface area contributed by atoms with Crippen LogP contribution in [0.25, 0.3) is 22.3 Å². The smallest absolute Gasteiger partial charge is 0.408 e. The molecular formula is C46H58FN6O8PS. The number of pyridine rings is 1. The van der Waals surface area contributed by atoms with E-state index in [1.807, 2.05) is 31.4 Å². The number of nitrogens with one attached hydrogen (secondary N) is 3. The molecule has 0 spiro atoms. The molecule has 0 radical (unpaired) electrons. The zero-order valence-corrected chi connectivity index (χ0v) is 37.9. The van der Waals surface area contributed by atoms with Crippen LogP contribution < -0.4 is 25.4 Å². The van der Waals surface area contributed by atoms with Gasteiger partial charge in [-0.15, -0.1) is 11.3 Å². The number of nitrogens with zero attached hydrogens (tertiary/aromatic N) is 3. The van der Waals surface area contributed by atoms with Crippen LogP contribution >= 0.6 is 18.7 Å². The molecule has 14 nitrogen and oxygen atoms in total. The Hall–Kier alpha value is -4.79. The third kappa shape index (κ3) is 10.1. The quantitative estimate of drug-likeness (QED) is 0.106. The lowest BCUT2D eigenvalue weighted by Crippen LogP contribution is -2.55. The second kappa shape index (κ2) is 19.1. The molecule has 2 aliphatic carbocycles. The Morgan fingerprint density at radius 1 is 1.00 bits per heavy atom. The van der Waals surface area contributed by atoms with E-state index in [4.69, 9.17) is 24.2 Å². The summed E-state index contributed by atoms with van der Waals surface area (Å²) >= 11 is 1.46. The summed E-state index contributed by atoms with van der Waals surface area (Å²) in [6.45, 7) is 4.06. The Labute approximate surface area is 371 Å². The van der Waals surface area contributed by atoms with Crippen LogP contribution in [-0.4, -0.2) is 86.9 Å². The number of methoxy groups -OCH3 is 1. The van der Waals surface area contributed by atoms with Crippen molar-refractivity contribution in [2.24, 2.45) is 5.92 Å². The molecule has 2 aliphatic heterocycles. The van der Waals surface area contributed by atoms with E-state index in [0.717, 1.165) is 56.5 Å². The van der Waals surface area contributed by atoms with Gasteiger partial charge in [-0.25, -0.2) is 19.2 Å². The molecule has 1 unspecified atom stereocenters. The van der Waals surface area contributed by atoms with Gasteiger partial charge in [0, 0.05) is 35.4 Å². The van der Waals surface area contributed by atoms with Crippen LogP contribution in [0.5, 0.6) is 11.5 Å². The average Bonchev–Trinajstić information content (AvgIpc) is 3.66. The predicted molar refractivity (Wildman–Crippen MR) is 240 cm³/mol. The van der Waals surface area contributed by atoms with Crippen LogP contribution in [0.4, 0.5) is 14.3 Å². The molecule has 2 aromatic heterocycles. The van der Waals surface area contributed by atoms with Crippen LogP contribution in [0.2, 0.25) is 0 Å². The van der Waals surface area contributed by atoms with Crippen LogP contribution in [0.3, 0.4) is 0 Å². The van der Waals surface area contributed by atoms with Gasteiger partial charge in [0.25, 0.3) is 0 Å². The van der Waals surface area contributed by atoms with Gasteiger partial charge in [0.2, 0.25) is 19.2 Å². The Balaban J connectivity index is 1.13. The summed E-state index contributed by atoms with van der Waals surface area (Å²) in [5.74, 6) is -0.887.